The van der Waals surface area contributed by atoms with E-state index in [1.54, 1.807) is 19.3 Å². The van der Waals surface area contributed by atoms with E-state index in [1.165, 1.54) is 0 Å². The fraction of sp³-hybridized carbons (Fsp3) is 0.571. The summed E-state index contributed by atoms with van der Waals surface area (Å²) in [6, 6.07) is 0. The van der Waals surface area contributed by atoms with E-state index in [4.69, 9.17) is 0 Å². The maximum Gasteiger partial charge on any atom is 0.152 e. The SMILES string of the molecule is CCC=CC(C)=O.CS. The predicted octanol–water partition coefficient (Wildman–Crippen LogP) is 2.09. The molecule has 0 amide bonds. The number of rotatable bonds is 2. The standard InChI is InChI=1S/C6H10O.CH4S/c1-3-4-5-6(2)7;1-2/h4-5H,3H2,1-2H3;2H,1H3. The van der Waals surface area contributed by atoms with Crippen LogP contribution in [0.5, 0.6) is 0 Å². The van der Waals surface area contributed by atoms with Crippen LogP contribution < -0.4 is 0 Å². The van der Waals surface area contributed by atoms with Gasteiger partial charge in [-0.2, -0.15) is 12.6 Å². The fourth-order valence-electron chi connectivity index (χ4n) is 0.284. The highest BCUT2D eigenvalue weighted by Gasteiger charge is 1.75. The number of carbonyl (C=O) groups excluding carboxylic acids is 1. The zero-order chi connectivity index (χ0) is 7.70. The largest absolute Gasteiger partial charge is 0.295 e. The second-order valence-corrected chi connectivity index (χ2v) is 1.42. The molecule has 2 heteroatoms. The Labute approximate surface area is 62.6 Å². The van der Waals surface area contributed by atoms with Gasteiger partial charge in [-0.3, -0.25) is 4.79 Å². The van der Waals surface area contributed by atoms with Crippen LogP contribution in [0.3, 0.4) is 0 Å². The summed E-state index contributed by atoms with van der Waals surface area (Å²) in [5.74, 6) is 0.127. The molecule has 0 atom stereocenters. The zero-order valence-electron chi connectivity index (χ0n) is 6.22. The van der Waals surface area contributed by atoms with Crippen molar-refractivity contribution in [3.8, 4) is 0 Å². The average molecular weight is 146 g/mol. The minimum atomic E-state index is 0.127. The van der Waals surface area contributed by atoms with Gasteiger partial charge >= 0.3 is 0 Å². The Bertz CT molecular complexity index is 86.9. The first-order valence-corrected chi connectivity index (χ1v) is 3.78. The lowest BCUT2D eigenvalue weighted by Gasteiger charge is -1.73. The summed E-state index contributed by atoms with van der Waals surface area (Å²) in [4.78, 5) is 10.1. The van der Waals surface area contributed by atoms with Crippen molar-refractivity contribution in [3.05, 3.63) is 12.2 Å². The Morgan fingerprint density at radius 2 is 2.00 bits per heavy atom. The van der Waals surface area contributed by atoms with Crippen LogP contribution in [0.25, 0.3) is 0 Å². The van der Waals surface area contributed by atoms with Crippen LogP contribution in [-0.4, -0.2) is 12.0 Å². The van der Waals surface area contributed by atoms with Gasteiger partial charge in [0.1, 0.15) is 0 Å². The van der Waals surface area contributed by atoms with Gasteiger partial charge in [-0.15, -0.1) is 0 Å². The predicted molar refractivity (Wildman–Crippen MR) is 45.0 cm³/mol. The van der Waals surface area contributed by atoms with Crippen LogP contribution in [-0.2, 0) is 4.79 Å². The van der Waals surface area contributed by atoms with Crippen molar-refractivity contribution >= 4 is 18.4 Å². The van der Waals surface area contributed by atoms with Crippen molar-refractivity contribution in [2.24, 2.45) is 0 Å². The number of hydrogen-bond acceptors (Lipinski definition) is 2. The van der Waals surface area contributed by atoms with Crippen LogP contribution in [0.4, 0.5) is 0 Å². The number of thiol groups is 1. The molecule has 0 spiro atoms. The van der Waals surface area contributed by atoms with Crippen LogP contribution >= 0.6 is 12.6 Å². The van der Waals surface area contributed by atoms with E-state index in [0.29, 0.717) is 0 Å². The van der Waals surface area contributed by atoms with E-state index in [2.05, 4.69) is 12.6 Å². The van der Waals surface area contributed by atoms with Crippen molar-refractivity contribution < 1.29 is 4.79 Å². The summed E-state index contributed by atoms with van der Waals surface area (Å²) >= 11 is 3.53. The topological polar surface area (TPSA) is 17.1 Å². The summed E-state index contributed by atoms with van der Waals surface area (Å²) in [5, 5.41) is 0. The highest BCUT2D eigenvalue weighted by molar-refractivity contribution is 7.79. The molecular formula is C7H14OS. The quantitative estimate of drug-likeness (QED) is 0.466. The molecule has 0 radical (unpaired) electrons. The van der Waals surface area contributed by atoms with Crippen molar-refractivity contribution in [1.29, 1.82) is 0 Å². The van der Waals surface area contributed by atoms with E-state index in [1.807, 2.05) is 13.0 Å². The number of ketones is 1. The van der Waals surface area contributed by atoms with E-state index in [-0.39, 0.29) is 5.78 Å². The van der Waals surface area contributed by atoms with Gasteiger partial charge in [0.25, 0.3) is 0 Å². The van der Waals surface area contributed by atoms with Gasteiger partial charge in [0.2, 0.25) is 0 Å². The van der Waals surface area contributed by atoms with E-state index < -0.39 is 0 Å². The Morgan fingerprint density at radius 3 is 2.11 bits per heavy atom. The summed E-state index contributed by atoms with van der Waals surface area (Å²) in [7, 11) is 0. The van der Waals surface area contributed by atoms with Crippen molar-refractivity contribution in [1.82, 2.24) is 0 Å². The minimum Gasteiger partial charge on any atom is -0.295 e. The average Bonchev–Trinajstić information content (AvgIpc) is 1.88. The Kier molecular flexibility index (Phi) is 13.7. The molecule has 1 nitrogen and oxygen atoms in total. The monoisotopic (exact) mass is 146 g/mol. The second kappa shape index (κ2) is 10.7. The summed E-state index contributed by atoms with van der Waals surface area (Å²) in [6.07, 6.45) is 6.07. The summed E-state index contributed by atoms with van der Waals surface area (Å²) < 4.78 is 0. The summed E-state index contributed by atoms with van der Waals surface area (Å²) in [5.41, 5.74) is 0. The number of carbonyl (C=O) groups is 1. The molecule has 0 heterocycles. The first kappa shape index (κ1) is 11.5. The maximum atomic E-state index is 10.1. The van der Waals surface area contributed by atoms with E-state index in [0.717, 1.165) is 6.42 Å². The lowest BCUT2D eigenvalue weighted by molar-refractivity contribution is -0.112. The van der Waals surface area contributed by atoms with Gasteiger partial charge in [0, 0.05) is 0 Å². The highest BCUT2D eigenvalue weighted by Crippen LogP contribution is 1.78. The normalized spacial score (nSPS) is 8.44. The minimum absolute atomic E-state index is 0.127. The van der Waals surface area contributed by atoms with Crippen LogP contribution in [0.15, 0.2) is 12.2 Å². The smallest absolute Gasteiger partial charge is 0.152 e. The van der Waals surface area contributed by atoms with Crippen LogP contribution in [0.1, 0.15) is 20.3 Å². The molecule has 0 unspecified atom stereocenters. The molecule has 9 heavy (non-hydrogen) atoms. The number of allylic oxidation sites excluding steroid dienone is 2. The lowest BCUT2D eigenvalue weighted by Crippen LogP contribution is -1.77. The molecule has 0 N–H and O–H groups in total. The van der Waals surface area contributed by atoms with Gasteiger partial charge in [0.05, 0.1) is 0 Å². The fourth-order valence-corrected chi connectivity index (χ4v) is 0.284. The second-order valence-electron chi connectivity index (χ2n) is 1.42. The molecule has 54 valence electrons. The first-order chi connectivity index (χ1) is 4.27. The maximum absolute atomic E-state index is 10.1. The first-order valence-electron chi connectivity index (χ1n) is 2.89. The summed E-state index contributed by atoms with van der Waals surface area (Å²) in [6.45, 7) is 3.55. The zero-order valence-corrected chi connectivity index (χ0v) is 7.11. The van der Waals surface area contributed by atoms with Gasteiger partial charge in [0.15, 0.2) is 5.78 Å². The molecule has 0 aromatic rings. The van der Waals surface area contributed by atoms with Crippen molar-refractivity contribution in [2.45, 2.75) is 20.3 Å². The van der Waals surface area contributed by atoms with Crippen LogP contribution in [0.2, 0.25) is 0 Å². The lowest BCUT2D eigenvalue weighted by atomic mass is 10.3. The van der Waals surface area contributed by atoms with Crippen molar-refractivity contribution in [3.63, 3.8) is 0 Å². The van der Waals surface area contributed by atoms with Gasteiger partial charge in [-0.05, 0) is 25.7 Å². The molecule has 0 saturated heterocycles. The third kappa shape index (κ3) is 18.2. The van der Waals surface area contributed by atoms with Crippen molar-refractivity contribution in [2.75, 3.05) is 6.26 Å². The molecule has 0 fully saturated rings. The molecule has 0 bridgehead atoms. The number of hydrogen-bond donors (Lipinski definition) is 1. The van der Waals surface area contributed by atoms with Crippen LogP contribution in [0, 0.1) is 0 Å². The van der Waals surface area contributed by atoms with Gasteiger partial charge in [-0.1, -0.05) is 13.0 Å². The highest BCUT2D eigenvalue weighted by atomic mass is 32.1. The molecule has 0 aliphatic heterocycles. The third-order valence-corrected chi connectivity index (χ3v) is 0.588. The van der Waals surface area contributed by atoms with E-state index >= 15 is 0 Å². The molecule has 0 aromatic carbocycles. The van der Waals surface area contributed by atoms with Gasteiger partial charge in [-0.25, -0.2) is 0 Å². The van der Waals surface area contributed by atoms with E-state index in [9.17, 15) is 4.79 Å². The van der Waals surface area contributed by atoms with Gasteiger partial charge < -0.3 is 0 Å². The molecule has 0 saturated carbocycles. The Balaban J connectivity index is 0. The molecular weight excluding hydrogens is 132 g/mol. The molecule has 0 aromatic heterocycles. The Hall–Kier alpha value is -0.240. The third-order valence-electron chi connectivity index (χ3n) is 0.588. The molecule has 0 aliphatic carbocycles. The molecule has 0 rings (SSSR count). The molecule has 0 aliphatic rings. The Morgan fingerprint density at radius 1 is 1.56 bits per heavy atom.